The van der Waals surface area contributed by atoms with E-state index in [0.29, 0.717) is 37.8 Å². The first-order valence-corrected chi connectivity index (χ1v) is 12.5. The number of ether oxygens (including phenoxy) is 2. The number of urea groups is 1. The lowest BCUT2D eigenvalue weighted by atomic mass is 10.0. The minimum absolute atomic E-state index is 0.164. The van der Waals surface area contributed by atoms with Crippen molar-refractivity contribution in [2.75, 3.05) is 12.0 Å². The van der Waals surface area contributed by atoms with E-state index in [9.17, 15) is 14.4 Å². The molecule has 3 aromatic rings. The molecule has 0 spiro atoms. The summed E-state index contributed by atoms with van der Waals surface area (Å²) in [6.07, 6.45) is 2.06. The lowest BCUT2D eigenvalue weighted by Crippen LogP contribution is -2.54. The Hall–Kier alpha value is -3.37. The van der Waals surface area contributed by atoms with Gasteiger partial charge < -0.3 is 9.47 Å². The second kappa shape index (κ2) is 11.1. The molecule has 0 bridgehead atoms. The molecular weight excluding hydrogens is 595 g/mol. The molecule has 0 aliphatic carbocycles. The van der Waals surface area contributed by atoms with E-state index < -0.39 is 17.8 Å². The van der Waals surface area contributed by atoms with Gasteiger partial charge in [-0.2, -0.15) is 0 Å². The van der Waals surface area contributed by atoms with Crippen LogP contribution in [0.3, 0.4) is 0 Å². The van der Waals surface area contributed by atoms with Crippen molar-refractivity contribution < 1.29 is 23.9 Å². The number of carbonyl (C=O) groups is 3. The fourth-order valence-corrected chi connectivity index (χ4v) is 4.77. The number of para-hydroxylation sites is 1. The van der Waals surface area contributed by atoms with Gasteiger partial charge in [0.2, 0.25) is 0 Å². The second-order valence-electron chi connectivity index (χ2n) is 7.85. The van der Waals surface area contributed by atoms with E-state index in [1.807, 2.05) is 37.3 Å². The highest BCUT2D eigenvalue weighted by Crippen LogP contribution is 2.36. The molecule has 1 fully saturated rings. The summed E-state index contributed by atoms with van der Waals surface area (Å²) < 4.78 is 12.2. The maximum Gasteiger partial charge on any atom is 0.335 e. The number of benzene rings is 3. The molecule has 0 atom stereocenters. The number of methoxy groups -OCH3 is 1. The SMILES string of the molecule is CCc1ccccc1N1C(=O)NC(=O)/C(=C/c2cc(I)c(OCc3ccccc3Cl)c(OC)c2)C1=O. The molecule has 0 unspecified atom stereocenters. The summed E-state index contributed by atoms with van der Waals surface area (Å²) in [5.41, 5.74) is 2.45. The Balaban J connectivity index is 1.67. The lowest BCUT2D eigenvalue weighted by Gasteiger charge is -2.28. The van der Waals surface area contributed by atoms with Crippen molar-refractivity contribution in [3.63, 3.8) is 0 Å². The molecule has 4 amide bonds. The lowest BCUT2D eigenvalue weighted by molar-refractivity contribution is -0.122. The molecule has 1 saturated heterocycles. The molecule has 1 aliphatic heterocycles. The Morgan fingerprint density at radius 2 is 1.72 bits per heavy atom. The number of halogens is 2. The highest BCUT2D eigenvalue weighted by atomic mass is 127. The van der Waals surface area contributed by atoms with Crippen LogP contribution < -0.4 is 19.7 Å². The molecule has 7 nitrogen and oxygen atoms in total. The van der Waals surface area contributed by atoms with Gasteiger partial charge in [-0.15, -0.1) is 0 Å². The Bertz CT molecular complexity index is 1390. The van der Waals surface area contributed by atoms with Crippen molar-refractivity contribution in [3.05, 3.63) is 91.5 Å². The first-order chi connectivity index (χ1) is 17.3. The first-order valence-electron chi connectivity index (χ1n) is 11.1. The van der Waals surface area contributed by atoms with E-state index in [1.165, 1.54) is 13.2 Å². The largest absolute Gasteiger partial charge is 0.493 e. The molecular formula is C27H22ClIN2O5. The van der Waals surface area contributed by atoms with E-state index >= 15 is 0 Å². The zero-order valence-electron chi connectivity index (χ0n) is 19.5. The molecule has 1 heterocycles. The van der Waals surface area contributed by atoms with E-state index in [4.69, 9.17) is 21.1 Å². The number of aryl methyl sites for hydroxylation is 1. The molecule has 1 aliphatic rings. The highest BCUT2D eigenvalue weighted by molar-refractivity contribution is 14.1. The number of barbiturate groups is 1. The summed E-state index contributed by atoms with van der Waals surface area (Å²) >= 11 is 8.33. The van der Waals surface area contributed by atoms with Crippen molar-refractivity contribution >= 4 is 63.8 Å². The van der Waals surface area contributed by atoms with Gasteiger partial charge in [-0.3, -0.25) is 14.9 Å². The van der Waals surface area contributed by atoms with Crippen LogP contribution in [0.2, 0.25) is 5.02 Å². The van der Waals surface area contributed by atoms with E-state index in [0.717, 1.165) is 16.0 Å². The maximum absolute atomic E-state index is 13.3. The molecule has 0 radical (unpaired) electrons. The molecule has 4 rings (SSSR count). The number of hydrogen-bond donors (Lipinski definition) is 1. The molecule has 1 N–H and O–H groups in total. The van der Waals surface area contributed by atoms with Crippen molar-refractivity contribution in [2.24, 2.45) is 0 Å². The van der Waals surface area contributed by atoms with E-state index in [1.54, 1.807) is 30.3 Å². The van der Waals surface area contributed by atoms with Gasteiger partial charge in [0.15, 0.2) is 11.5 Å². The molecule has 3 aromatic carbocycles. The van der Waals surface area contributed by atoms with Crippen molar-refractivity contribution in [2.45, 2.75) is 20.0 Å². The molecule has 9 heteroatoms. The smallest absolute Gasteiger partial charge is 0.335 e. The van der Waals surface area contributed by atoms with Crippen LogP contribution >= 0.6 is 34.2 Å². The number of nitrogens with zero attached hydrogens (tertiary/aromatic N) is 1. The minimum atomic E-state index is -0.779. The Morgan fingerprint density at radius 3 is 2.42 bits per heavy atom. The first kappa shape index (κ1) is 25.7. The van der Waals surface area contributed by atoms with Gasteiger partial charge in [0.1, 0.15) is 12.2 Å². The van der Waals surface area contributed by atoms with Gasteiger partial charge in [-0.05, 0) is 70.5 Å². The standard InChI is InChI=1S/C27H22ClIN2O5/c1-3-17-8-5-7-11-22(17)31-26(33)19(25(32)30-27(31)34)12-16-13-21(29)24(23(14-16)35-2)36-15-18-9-4-6-10-20(18)28/h4-14H,3,15H2,1-2H3,(H,30,32,34)/b19-12-. The average molecular weight is 617 g/mol. The quantitative estimate of drug-likeness (QED) is 0.207. The van der Waals surface area contributed by atoms with Gasteiger partial charge in [0.05, 0.1) is 16.4 Å². The number of imide groups is 2. The predicted octanol–water partition coefficient (Wildman–Crippen LogP) is 5.76. The zero-order valence-corrected chi connectivity index (χ0v) is 22.4. The topological polar surface area (TPSA) is 84.9 Å². The van der Waals surface area contributed by atoms with Crippen LogP contribution in [0.4, 0.5) is 10.5 Å². The third kappa shape index (κ3) is 5.24. The molecule has 36 heavy (non-hydrogen) atoms. The number of hydrogen-bond acceptors (Lipinski definition) is 5. The number of rotatable bonds is 7. The maximum atomic E-state index is 13.3. The monoisotopic (exact) mass is 616 g/mol. The third-order valence-corrected chi connectivity index (χ3v) is 6.78. The van der Waals surface area contributed by atoms with Gasteiger partial charge >= 0.3 is 6.03 Å². The summed E-state index contributed by atoms with van der Waals surface area (Å²) in [4.78, 5) is 39.5. The number of nitrogens with one attached hydrogen (secondary N) is 1. The summed E-state index contributed by atoms with van der Waals surface area (Å²) in [6, 6.07) is 17.1. The van der Waals surface area contributed by atoms with Gasteiger partial charge in [-0.1, -0.05) is 54.9 Å². The van der Waals surface area contributed by atoms with E-state index in [-0.39, 0.29) is 12.2 Å². The van der Waals surface area contributed by atoms with Crippen LogP contribution in [0, 0.1) is 3.57 Å². The van der Waals surface area contributed by atoms with Crippen LogP contribution in [-0.2, 0) is 22.6 Å². The van der Waals surface area contributed by atoms with Crippen LogP contribution in [0.1, 0.15) is 23.6 Å². The van der Waals surface area contributed by atoms with Crippen molar-refractivity contribution in [1.29, 1.82) is 0 Å². The average Bonchev–Trinajstić information content (AvgIpc) is 2.86. The van der Waals surface area contributed by atoms with Crippen LogP contribution in [-0.4, -0.2) is 25.0 Å². The van der Waals surface area contributed by atoms with Crippen molar-refractivity contribution in [1.82, 2.24) is 5.32 Å². The number of anilines is 1. The fourth-order valence-electron chi connectivity index (χ4n) is 3.80. The summed E-state index contributed by atoms with van der Waals surface area (Å²) in [7, 11) is 1.51. The normalized spacial score (nSPS) is 14.7. The van der Waals surface area contributed by atoms with Crippen LogP contribution in [0.25, 0.3) is 6.08 Å². The predicted molar refractivity (Wildman–Crippen MR) is 146 cm³/mol. The van der Waals surface area contributed by atoms with Crippen LogP contribution in [0.5, 0.6) is 11.5 Å². The minimum Gasteiger partial charge on any atom is -0.493 e. The molecule has 0 aromatic heterocycles. The Kier molecular flexibility index (Phi) is 7.95. The number of carbonyl (C=O) groups excluding carboxylic acids is 3. The third-order valence-electron chi connectivity index (χ3n) is 5.61. The summed E-state index contributed by atoms with van der Waals surface area (Å²) in [5, 5.41) is 2.86. The zero-order chi connectivity index (χ0) is 25.8. The van der Waals surface area contributed by atoms with Gasteiger partial charge in [0, 0.05) is 10.6 Å². The second-order valence-corrected chi connectivity index (χ2v) is 9.42. The Labute approximate surface area is 227 Å². The summed E-state index contributed by atoms with van der Waals surface area (Å²) in [5.74, 6) is -0.525. The molecule has 0 saturated carbocycles. The summed E-state index contributed by atoms with van der Waals surface area (Å²) in [6.45, 7) is 2.16. The van der Waals surface area contributed by atoms with E-state index in [2.05, 4.69) is 27.9 Å². The molecule has 184 valence electrons. The van der Waals surface area contributed by atoms with Crippen molar-refractivity contribution in [3.8, 4) is 11.5 Å². The van der Waals surface area contributed by atoms with Crippen LogP contribution in [0.15, 0.2) is 66.2 Å². The van der Waals surface area contributed by atoms with Gasteiger partial charge in [-0.25, -0.2) is 9.69 Å². The van der Waals surface area contributed by atoms with Gasteiger partial charge in [0.25, 0.3) is 11.8 Å². The fraction of sp³-hybridized carbons (Fsp3) is 0.148. The number of amides is 4. The highest BCUT2D eigenvalue weighted by Gasteiger charge is 2.37. The Morgan fingerprint density at radius 1 is 1.03 bits per heavy atom.